The molecule has 1 aromatic rings. The third-order valence-corrected chi connectivity index (χ3v) is 1.79. The van der Waals surface area contributed by atoms with Crippen molar-refractivity contribution in [3.8, 4) is 6.07 Å². The summed E-state index contributed by atoms with van der Waals surface area (Å²) in [7, 11) is 0. The largest absolute Gasteiger partial charge is 0.370 e. The number of hydrogen-bond donors (Lipinski definition) is 3. The predicted octanol–water partition coefficient (Wildman–Crippen LogP) is 0.853. The molecule has 0 aliphatic carbocycles. The first-order valence-corrected chi connectivity index (χ1v) is 4.54. The zero-order chi connectivity index (χ0) is 12.1. The van der Waals surface area contributed by atoms with E-state index >= 15 is 0 Å². The van der Waals surface area contributed by atoms with Crippen LogP contribution in [0.1, 0.15) is 5.56 Å². The molecule has 0 unspecified atom stereocenters. The van der Waals surface area contributed by atoms with E-state index in [0.717, 1.165) is 0 Å². The molecule has 6 nitrogen and oxygen atoms in total. The lowest BCUT2D eigenvalue weighted by Crippen LogP contribution is -2.26. The molecule has 0 aromatic heterocycles. The normalized spacial score (nSPS) is 10.0. The average molecular weight is 273 g/mol. The molecule has 0 radical (unpaired) electrons. The number of guanidine groups is 2. The Balaban J connectivity index is 0.00000256. The highest BCUT2D eigenvalue weighted by molar-refractivity contribution is 6.30. The van der Waals surface area contributed by atoms with E-state index in [2.05, 4.69) is 9.98 Å². The van der Waals surface area contributed by atoms with Gasteiger partial charge in [0.1, 0.15) is 6.07 Å². The summed E-state index contributed by atoms with van der Waals surface area (Å²) in [6.45, 7) is 0. The number of nitrogens with zero attached hydrogens (tertiary/aromatic N) is 3. The molecule has 8 heteroatoms. The topological polar surface area (TPSA) is 127 Å². The number of hydrogen-bond acceptors (Lipinski definition) is 2. The number of nitriles is 1. The summed E-state index contributed by atoms with van der Waals surface area (Å²) in [4.78, 5) is 7.40. The Labute approximate surface area is 109 Å². The van der Waals surface area contributed by atoms with Crippen LogP contribution in [-0.2, 0) is 0 Å². The summed E-state index contributed by atoms with van der Waals surface area (Å²) in [5, 5.41) is 9.27. The molecule has 0 heterocycles. The summed E-state index contributed by atoms with van der Waals surface area (Å²) < 4.78 is 0. The minimum atomic E-state index is -0.200. The van der Waals surface area contributed by atoms with Gasteiger partial charge in [0.15, 0.2) is 5.96 Å². The Morgan fingerprint density at radius 2 is 1.94 bits per heavy atom. The first-order chi connectivity index (χ1) is 7.52. The molecular formula is C9H10Cl2N6. The fourth-order valence-electron chi connectivity index (χ4n) is 0.976. The van der Waals surface area contributed by atoms with Crippen molar-refractivity contribution in [3.63, 3.8) is 0 Å². The molecule has 0 spiro atoms. The molecule has 0 fully saturated rings. The van der Waals surface area contributed by atoms with Gasteiger partial charge in [-0.3, -0.25) is 0 Å². The number of aliphatic imine (C=N–C) groups is 2. The van der Waals surface area contributed by atoms with Gasteiger partial charge in [-0.05, 0) is 18.2 Å². The second kappa shape index (κ2) is 6.58. The summed E-state index contributed by atoms with van der Waals surface area (Å²) in [5.41, 5.74) is 16.3. The van der Waals surface area contributed by atoms with Crippen molar-refractivity contribution in [2.75, 3.05) is 0 Å². The van der Waals surface area contributed by atoms with Gasteiger partial charge in [0.2, 0.25) is 5.96 Å². The Kier molecular flexibility index (Phi) is 5.82. The van der Waals surface area contributed by atoms with E-state index in [4.69, 9.17) is 34.1 Å². The minimum absolute atomic E-state index is 0. The number of rotatable bonds is 1. The van der Waals surface area contributed by atoms with Crippen LogP contribution in [0, 0.1) is 11.3 Å². The van der Waals surface area contributed by atoms with Crippen molar-refractivity contribution in [1.82, 2.24) is 0 Å². The number of nitrogens with two attached hydrogens (primary N) is 3. The van der Waals surface area contributed by atoms with Gasteiger partial charge in [0.05, 0.1) is 11.3 Å². The molecule has 0 atom stereocenters. The zero-order valence-electron chi connectivity index (χ0n) is 8.59. The number of benzene rings is 1. The van der Waals surface area contributed by atoms with Gasteiger partial charge in [-0.1, -0.05) is 11.6 Å². The quantitative estimate of drug-likeness (QED) is 0.517. The molecule has 17 heavy (non-hydrogen) atoms. The molecule has 1 aromatic carbocycles. The molecule has 6 N–H and O–H groups in total. The Morgan fingerprint density at radius 1 is 1.29 bits per heavy atom. The molecule has 0 amide bonds. The van der Waals surface area contributed by atoms with Crippen LogP contribution in [0.4, 0.5) is 5.69 Å². The SMILES string of the molecule is Cl.N#Cc1cc(Cl)ccc1N=C(N)N=C(N)N. The molecule has 0 saturated heterocycles. The van der Waals surface area contributed by atoms with E-state index in [1.165, 1.54) is 6.07 Å². The van der Waals surface area contributed by atoms with E-state index in [1.807, 2.05) is 6.07 Å². The van der Waals surface area contributed by atoms with Crippen molar-refractivity contribution in [3.05, 3.63) is 28.8 Å². The smallest absolute Gasteiger partial charge is 0.223 e. The van der Waals surface area contributed by atoms with Crippen molar-refractivity contribution in [2.24, 2.45) is 27.2 Å². The van der Waals surface area contributed by atoms with Crippen LogP contribution in [0.3, 0.4) is 0 Å². The zero-order valence-corrected chi connectivity index (χ0v) is 10.2. The Hall–Kier alpha value is -1.97. The fourth-order valence-corrected chi connectivity index (χ4v) is 1.15. The van der Waals surface area contributed by atoms with E-state index in [1.54, 1.807) is 12.1 Å². The maximum atomic E-state index is 8.83. The molecule has 0 saturated carbocycles. The molecular weight excluding hydrogens is 263 g/mol. The van der Waals surface area contributed by atoms with Gasteiger partial charge in [-0.25, -0.2) is 4.99 Å². The highest BCUT2D eigenvalue weighted by atomic mass is 35.5. The van der Waals surface area contributed by atoms with E-state index in [0.29, 0.717) is 16.3 Å². The van der Waals surface area contributed by atoms with Crippen LogP contribution < -0.4 is 17.2 Å². The van der Waals surface area contributed by atoms with E-state index in [-0.39, 0.29) is 24.3 Å². The van der Waals surface area contributed by atoms with Gasteiger partial charge in [0, 0.05) is 5.02 Å². The molecule has 0 bridgehead atoms. The lowest BCUT2D eigenvalue weighted by atomic mass is 10.2. The van der Waals surface area contributed by atoms with Gasteiger partial charge in [-0.2, -0.15) is 10.3 Å². The van der Waals surface area contributed by atoms with Gasteiger partial charge in [0.25, 0.3) is 0 Å². The predicted molar refractivity (Wildman–Crippen MR) is 70.5 cm³/mol. The molecule has 90 valence electrons. The highest BCUT2D eigenvalue weighted by Crippen LogP contribution is 2.22. The second-order valence-electron chi connectivity index (χ2n) is 2.78. The standard InChI is InChI=1S/C9H9ClN6.ClH/c10-6-1-2-7(5(3-6)4-11)15-9(14)16-8(12)13;/h1-3H,(H6,12,13,14,15,16);1H. The summed E-state index contributed by atoms with van der Waals surface area (Å²) in [6.07, 6.45) is 0. The van der Waals surface area contributed by atoms with Crippen LogP contribution >= 0.6 is 24.0 Å². The van der Waals surface area contributed by atoms with Gasteiger partial charge < -0.3 is 17.2 Å². The van der Waals surface area contributed by atoms with Gasteiger partial charge in [-0.15, -0.1) is 12.4 Å². The maximum Gasteiger partial charge on any atom is 0.223 e. The fraction of sp³-hybridized carbons (Fsp3) is 0. The summed E-state index contributed by atoms with van der Waals surface area (Å²) >= 11 is 5.72. The van der Waals surface area contributed by atoms with Crippen LogP contribution in [0.15, 0.2) is 28.2 Å². The number of halogens is 2. The highest BCUT2D eigenvalue weighted by Gasteiger charge is 2.02. The monoisotopic (exact) mass is 272 g/mol. The summed E-state index contributed by atoms with van der Waals surface area (Å²) in [5.74, 6) is -0.326. The second-order valence-corrected chi connectivity index (χ2v) is 3.22. The van der Waals surface area contributed by atoms with Crippen molar-refractivity contribution in [1.29, 1.82) is 5.26 Å². The van der Waals surface area contributed by atoms with Crippen molar-refractivity contribution < 1.29 is 0 Å². The lowest BCUT2D eigenvalue weighted by molar-refractivity contribution is 1.36. The van der Waals surface area contributed by atoms with E-state index < -0.39 is 0 Å². The minimum Gasteiger partial charge on any atom is -0.370 e. The van der Waals surface area contributed by atoms with Crippen LogP contribution in [0.25, 0.3) is 0 Å². The Morgan fingerprint density at radius 3 is 2.47 bits per heavy atom. The van der Waals surface area contributed by atoms with Crippen molar-refractivity contribution in [2.45, 2.75) is 0 Å². The van der Waals surface area contributed by atoms with Crippen molar-refractivity contribution >= 4 is 41.6 Å². The van der Waals surface area contributed by atoms with Crippen LogP contribution in [0.5, 0.6) is 0 Å². The summed E-state index contributed by atoms with van der Waals surface area (Å²) in [6, 6.07) is 6.55. The van der Waals surface area contributed by atoms with Gasteiger partial charge >= 0.3 is 0 Å². The molecule has 0 aliphatic rings. The van der Waals surface area contributed by atoms with E-state index in [9.17, 15) is 0 Å². The van der Waals surface area contributed by atoms with Crippen LogP contribution in [-0.4, -0.2) is 11.9 Å². The third-order valence-electron chi connectivity index (χ3n) is 1.56. The maximum absolute atomic E-state index is 8.83. The Bertz CT molecular complexity index is 499. The first kappa shape index (κ1) is 15.0. The lowest BCUT2D eigenvalue weighted by Gasteiger charge is -1.99. The first-order valence-electron chi connectivity index (χ1n) is 4.16. The molecule has 1 rings (SSSR count). The molecule has 0 aliphatic heterocycles. The third kappa shape index (κ3) is 4.59. The average Bonchev–Trinajstić information content (AvgIpc) is 2.19. The van der Waals surface area contributed by atoms with Crippen LogP contribution in [0.2, 0.25) is 5.02 Å².